The summed E-state index contributed by atoms with van der Waals surface area (Å²) in [7, 11) is 0. The molecule has 2 atom stereocenters. The van der Waals surface area contributed by atoms with Gasteiger partial charge in [0.2, 0.25) is 0 Å². The van der Waals surface area contributed by atoms with Crippen molar-refractivity contribution in [1.82, 2.24) is 4.98 Å². The largest absolute Gasteiger partial charge is 0.328 e. The van der Waals surface area contributed by atoms with Crippen LogP contribution in [0.4, 0.5) is 4.39 Å². The molecule has 1 heterocycles. The summed E-state index contributed by atoms with van der Waals surface area (Å²) in [5.41, 5.74) is 5.66. The quantitative estimate of drug-likeness (QED) is 0.809. The third kappa shape index (κ3) is 2.75. The molecule has 3 heteroatoms. The fourth-order valence-corrected chi connectivity index (χ4v) is 2.38. The maximum atomic E-state index is 14.4. The molecule has 15 heavy (non-hydrogen) atoms. The van der Waals surface area contributed by atoms with Gasteiger partial charge in [0.1, 0.15) is 5.67 Å². The minimum atomic E-state index is -1.11. The lowest BCUT2D eigenvalue weighted by Crippen LogP contribution is -2.39. The molecule has 2 rings (SSSR count). The lowest BCUT2D eigenvalue weighted by molar-refractivity contribution is 0.0964. The highest BCUT2D eigenvalue weighted by atomic mass is 19.1. The Balaban J connectivity index is 2.04. The molecule has 1 fully saturated rings. The minimum absolute atomic E-state index is 0.0282. The second-order valence-electron chi connectivity index (χ2n) is 4.55. The van der Waals surface area contributed by atoms with Crippen molar-refractivity contribution in [1.29, 1.82) is 0 Å². The van der Waals surface area contributed by atoms with Crippen molar-refractivity contribution in [3.63, 3.8) is 0 Å². The molecule has 2 unspecified atom stereocenters. The number of rotatable bonds is 2. The SMILES string of the molecule is NC1CCCC(F)(Cc2cccnc2)C1. The first-order valence-electron chi connectivity index (χ1n) is 5.51. The number of aromatic nitrogens is 1. The summed E-state index contributed by atoms with van der Waals surface area (Å²) in [4.78, 5) is 4.00. The minimum Gasteiger partial charge on any atom is -0.328 e. The van der Waals surface area contributed by atoms with Gasteiger partial charge in [0.25, 0.3) is 0 Å². The lowest BCUT2D eigenvalue weighted by atomic mass is 9.80. The standard InChI is InChI=1S/C12H17FN2/c13-12(5-1-4-11(14)8-12)7-10-3-2-6-15-9-10/h2-3,6,9,11H,1,4-5,7-8,14H2. The van der Waals surface area contributed by atoms with E-state index in [4.69, 9.17) is 5.73 Å². The van der Waals surface area contributed by atoms with Gasteiger partial charge in [-0.3, -0.25) is 4.98 Å². The van der Waals surface area contributed by atoms with Crippen LogP contribution in [0.15, 0.2) is 24.5 Å². The van der Waals surface area contributed by atoms with Crippen molar-refractivity contribution in [3.05, 3.63) is 30.1 Å². The number of hydrogen-bond acceptors (Lipinski definition) is 2. The first-order valence-corrected chi connectivity index (χ1v) is 5.51. The first kappa shape index (κ1) is 10.6. The molecule has 0 saturated heterocycles. The van der Waals surface area contributed by atoms with Crippen molar-refractivity contribution in [2.24, 2.45) is 5.73 Å². The fraction of sp³-hybridized carbons (Fsp3) is 0.583. The molecule has 0 amide bonds. The number of nitrogens with zero attached hydrogens (tertiary/aromatic N) is 1. The van der Waals surface area contributed by atoms with E-state index in [2.05, 4.69) is 4.98 Å². The van der Waals surface area contributed by atoms with Crippen LogP contribution < -0.4 is 5.73 Å². The van der Waals surface area contributed by atoms with E-state index in [-0.39, 0.29) is 6.04 Å². The Morgan fingerprint density at radius 1 is 1.60 bits per heavy atom. The van der Waals surface area contributed by atoms with Crippen molar-refractivity contribution < 1.29 is 4.39 Å². The molecule has 1 saturated carbocycles. The zero-order valence-corrected chi connectivity index (χ0v) is 8.82. The molecular weight excluding hydrogens is 191 g/mol. The van der Waals surface area contributed by atoms with Crippen LogP contribution in [-0.2, 0) is 6.42 Å². The van der Waals surface area contributed by atoms with E-state index in [0.29, 0.717) is 19.3 Å². The Hall–Kier alpha value is -0.960. The number of nitrogens with two attached hydrogens (primary N) is 1. The van der Waals surface area contributed by atoms with Gasteiger partial charge in [-0.1, -0.05) is 6.07 Å². The molecule has 0 aromatic carbocycles. The Morgan fingerprint density at radius 3 is 3.13 bits per heavy atom. The van der Waals surface area contributed by atoms with Gasteiger partial charge in [0.05, 0.1) is 0 Å². The van der Waals surface area contributed by atoms with E-state index in [9.17, 15) is 4.39 Å². The van der Waals surface area contributed by atoms with Gasteiger partial charge in [-0.2, -0.15) is 0 Å². The monoisotopic (exact) mass is 208 g/mol. The second-order valence-corrected chi connectivity index (χ2v) is 4.55. The summed E-state index contributed by atoms with van der Waals surface area (Å²) in [5.74, 6) is 0. The van der Waals surface area contributed by atoms with Crippen LogP contribution in [0.2, 0.25) is 0 Å². The average molecular weight is 208 g/mol. The van der Waals surface area contributed by atoms with Gasteiger partial charge in [0.15, 0.2) is 0 Å². The summed E-state index contributed by atoms with van der Waals surface area (Å²) in [6.45, 7) is 0. The molecule has 1 aromatic heterocycles. The first-order chi connectivity index (χ1) is 7.18. The number of alkyl halides is 1. The van der Waals surface area contributed by atoms with Crippen LogP contribution in [0.5, 0.6) is 0 Å². The molecule has 82 valence electrons. The predicted molar refractivity (Wildman–Crippen MR) is 58.2 cm³/mol. The van der Waals surface area contributed by atoms with E-state index in [1.165, 1.54) is 0 Å². The smallest absolute Gasteiger partial charge is 0.116 e. The number of pyridine rings is 1. The van der Waals surface area contributed by atoms with Crippen LogP contribution in [0.3, 0.4) is 0 Å². The van der Waals surface area contributed by atoms with Gasteiger partial charge in [-0.05, 0) is 37.3 Å². The van der Waals surface area contributed by atoms with Gasteiger partial charge in [0, 0.05) is 24.9 Å². The van der Waals surface area contributed by atoms with Crippen molar-refractivity contribution in [3.8, 4) is 0 Å². The number of halogens is 1. The van der Waals surface area contributed by atoms with Crippen LogP contribution in [0, 0.1) is 0 Å². The predicted octanol–water partition coefficient (Wildman–Crippen LogP) is 2.23. The van der Waals surface area contributed by atoms with Gasteiger partial charge in [-0.25, -0.2) is 4.39 Å². The van der Waals surface area contributed by atoms with E-state index in [1.54, 1.807) is 12.4 Å². The molecule has 0 bridgehead atoms. The summed E-state index contributed by atoms with van der Waals surface area (Å²) in [6.07, 6.45) is 6.88. The summed E-state index contributed by atoms with van der Waals surface area (Å²) < 4.78 is 14.4. The molecule has 1 aliphatic carbocycles. The van der Waals surface area contributed by atoms with Gasteiger partial charge < -0.3 is 5.73 Å². The Kier molecular flexibility index (Phi) is 3.00. The topological polar surface area (TPSA) is 38.9 Å². The van der Waals surface area contributed by atoms with Crippen molar-refractivity contribution >= 4 is 0 Å². The molecule has 2 N–H and O–H groups in total. The Morgan fingerprint density at radius 2 is 2.47 bits per heavy atom. The summed E-state index contributed by atoms with van der Waals surface area (Å²) in [5, 5.41) is 0. The van der Waals surface area contributed by atoms with Crippen molar-refractivity contribution in [2.45, 2.75) is 43.8 Å². The van der Waals surface area contributed by atoms with Crippen LogP contribution >= 0.6 is 0 Å². The summed E-state index contributed by atoms with van der Waals surface area (Å²) in [6, 6.07) is 3.80. The highest BCUT2D eigenvalue weighted by molar-refractivity contribution is 5.12. The Labute approximate surface area is 89.7 Å². The van der Waals surface area contributed by atoms with Gasteiger partial charge in [-0.15, -0.1) is 0 Å². The molecule has 0 aliphatic heterocycles. The molecule has 2 nitrogen and oxygen atoms in total. The zero-order chi connectivity index (χ0) is 10.7. The Bertz CT molecular complexity index is 315. The highest BCUT2D eigenvalue weighted by Crippen LogP contribution is 2.34. The molecule has 0 spiro atoms. The summed E-state index contributed by atoms with van der Waals surface area (Å²) >= 11 is 0. The molecule has 0 radical (unpaired) electrons. The molecule has 1 aromatic rings. The maximum absolute atomic E-state index is 14.4. The van der Waals surface area contributed by atoms with E-state index in [0.717, 1.165) is 18.4 Å². The van der Waals surface area contributed by atoms with Crippen LogP contribution in [0.1, 0.15) is 31.2 Å². The van der Waals surface area contributed by atoms with Gasteiger partial charge >= 0.3 is 0 Å². The fourth-order valence-electron chi connectivity index (χ4n) is 2.38. The second kappa shape index (κ2) is 4.27. The maximum Gasteiger partial charge on any atom is 0.116 e. The highest BCUT2D eigenvalue weighted by Gasteiger charge is 2.35. The van der Waals surface area contributed by atoms with E-state index >= 15 is 0 Å². The van der Waals surface area contributed by atoms with E-state index < -0.39 is 5.67 Å². The third-order valence-electron chi connectivity index (χ3n) is 3.07. The van der Waals surface area contributed by atoms with Crippen LogP contribution in [-0.4, -0.2) is 16.7 Å². The number of hydrogen-bond donors (Lipinski definition) is 1. The normalized spacial score (nSPS) is 31.5. The lowest BCUT2D eigenvalue weighted by Gasteiger charge is -2.33. The third-order valence-corrected chi connectivity index (χ3v) is 3.07. The molecule has 1 aliphatic rings. The van der Waals surface area contributed by atoms with Crippen molar-refractivity contribution in [2.75, 3.05) is 0 Å². The molecular formula is C12H17FN2. The van der Waals surface area contributed by atoms with E-state index in [1.807, 2.05) is 12.1 Å². The van der Waals surface area contributed by atoms with Crippen LogP contribution in [0.25, 0.3) is 0 Å². The zero-order valence-electron chi connectivity index (χ0n) is 8.82. The average Bonchev–Trinajstić information content (AvgIpc) is 2.18.